The van der Waals surface area contributed by atoms with Gasteiger partial charge < -0.3 is 10.4 Å². The van der Waals surface area contributed by atoms with Crippen LogP contribution in [-0.2, 0) is 16.4 Å². The van der Waals surface area contributed by atoms with Gasteiger partial charge >= 0.3 is 0 Å². The lowest BCUT2D eigenvalue weighted by atomic mass is 10.1. The quantitative estimate of drug-likeness (QED) is 0.883. The number of phenolic OH excluding ortho intramolecular Hbond substituents is 1. The minimum Gasteiger partial charge on any atom is -0.508 e. The molecule has 0 bridgehead atoms. The van der Waals surface area contributed by atoms with Crippen molar-refractivity contribution in [2.24, 2.45) is 5.92 Å². The van der Waals surface area contributed by atoms with Gasteiger partial charge in [0, 0.05) is 17.1 Å². The first-order valence-corrected chi connectivity index (χ1v) is 8.05. The maximum atomic E-state index is 11.3. The second-order valence-corrected chi connectivity index (χ2v) is 7.34. The van der Waals surface area contributed by atoms with Crippen LogP contribution >= 0.6 is 11.6 Å². The molecule has 1 heterocycles. The van der Waals surface area contributed by atoms with Crippen LogP contribution in [0.15, 0.2) is 18.2 Å². The van der Waals surface area contributed by atoms with Crippen LogP contribution in [0.1, 0.15) is 12.0 Å². The van der Waals surface area contributed by atoms with E-state index in [4.69, 9.17) is 11.6 Å². The Morgan fingerprint density at radius 2 is 2.22 bits per heavy atom. The van der Waals surface area contributed by atoms with E-state index in [0.29, 0.717) is 23.9 Å². The van der Waals surface area contributed by atoms with E-state index in [1.165, 1.54) is 0 Å². The van der Waals surface area contributed by atoms with E-state index in [1.54, 1.807) is 18.2 Å². The molecule has 0 aliphatic carbocycles. The summed E-state index contributed by atoms with van der Waals surface area (Å²) in [6.45, 7) is 1.13. The molecule has 1 aromatic rings. The monoisotopic (exact) mass is 289 g/mol. The number of halogens is 1. The van der Waals surface area contributed by atoms with Gasteiger partial charge in [-0.1, -0.05) is 11.6 Å². The summed E-state index contributed by atoms with van der Waals surface area (Å²) in [4.78, 5) is 0. The summed E-state index contributed by atoms with van der Waals surface area (Å²) in [5.41, 5.74) is 0.725. The second kappa shape index (κ2) is 5.47. The molecule has 1 saturated heterocycles. The highest BCUT2D eigenvalue weighted by Crippen LogP contribution is 2.22. The molecule has 6 heteroatoms. The molecule has 4 nitrogen and oxygen atoms in total. The molecular formula is C12H16ClNO3S. The Hall–Kier alpha value is -0.780. The van der Waals surface area contributed by atoms with Crippen molar-refractivity contribution >= 4 is 21.4 Å². The fourth-order valence-electron chi connectivity index (χ4n) is 2.14. The minimum absolute atomic E-state index is 0.177. The number of rotatable bonds is 4. The van der Waals surface area contributed by atoms with E-state index in [0.717, 1.165) is 12.0 Å². The number of phenols is 1. The number of benzene rings is 1. The Bertz CT molecular complexity index is 530. The molecule has 1 aliphatic rings. The average molecular weight is 290 g/mol. The topological polar surface area (TPSA) is 66.4 Å². The zero-order chi connectivity index (χ0) is 13.2. The van der Waals surface area contributed by atoms with Gasteiger partial charge in [-0.25, -0.2) is 8.42 Å². The first kappa shape index (κ1) is 13.6. The van der Waals surface area contributed by atoms with E-state index in [9.17, 15) is 13.5 Å². The summed E-state index contributed by atoms with van der Waals surface area (Å²) < 4.78 is 22.6. The van der Waals surface area contributed by atoms with Gasteiger partial charge in [0.1, 0.15) is 5.75 Å². The molecule has 1 aromatic carbocycles. The van der Waals surface area contributed by atoms with E-state index < -0.39 is 9.84 Å². The Labute approximate surface area is 112 Å². The van der Waals surface area contributed by atoms with Crippen LogP contribution in [0.3, 0.4) is 0 Å². The van der Waals surface area contributed by atoms with Gasteiger partial charge in [-0.3, -0.25) is 0 Å². The highest BCUT2D eigenvalue weighted by Gasteiger charge is 2.27. The lowest BCUT2D eigenvalue weighted by molar-refractivity contribution is 0.459. The Morgan fingerprint density at radius 3 is 2.89 bits per heavy atom. The van der Waals surface area contributed by atoms with Crippen molar-refractivity contribution in [3.05, 3.63) is 28.8 Å². The van der Waals surface area contributed by atoms with Crippen molar-refractivity contribution in [3.63, 3.8) is 0 Å². The van der Waals surface area contributed by atoms with Crippen LogP contribution in [0, 0.1) is 5.92 Å². The standard InChI is InChI=1S/C12H16ClNO3S/c13-11-1-2-12(15)10(5-11)7-14-6-9-3-4-18(16,17)8-9/h1-2,5,9,14-15H,3-4,6-8H2. The molecule has 0 spiro atoms. The van der Waals surface area contributed by atoms with Crippen molar-refractivity contribution < 1.29 is 13.5 Å². The summed E-state index contributed by atoms with van der Waals surface area (Å²) in [6, 6.07) is 4.89. The molecule has 2 N–H and O–H groups in total. The second-order valence-electron chi connectivity index (χ2n) is 4.67. The number of sulfone groups is 1. The zero-order valence-corrected chi connectivity index (χ0v) is 11.5. The molecule has 18 heavy (non-hydrogen) atoms. The summed E-state index contributed by atoms with van der Waals surface area (Å²) in [5, 5.41) is 13.4. The molecule has 0 amide bonds. The van der Waals surface area contributed by atoms with E-state index in [2.05, 4.69) is 5.32 Å². The third-order valence-electron chi connectivity index (χ3n) is 3.12. The molecule has 2 rings (SSSR count). The van der Waals surface area contributed by atoms with E-state index in [1.807, 2.05) is 0 Å². The van der Waals surface area contributed by atoms with Gasteiger partial charge in [0.2, 0.25) is 0 Å². The zero-order valence-electron chi connectivity index (χ0n) is 9.89. The number of aromatic hydroxyl groups is 1. The minimum atomic E-state index is -2.82. The summed E-state index contributed by atoms with van der Waals surface area (Å²) >= 11 is 5.84. The molecule has 0 radical (unpaired) electrons. The summed E-state index contributed by atoms with van der Waals surface area (Å²) in [7, 11) is -2.82. The third-order valence-corrected chi connectivity index (χ3v) is 5.19. The lowest BCUT2D eigenvalue weighted by Crippen LogP contribution is -2.23. The predicted molar refractivity (Wildman–Crippen MR) is 71.6 cm³/mol. The molecule has 0 saturated carbocycles. The van der Waals surface area contributed by atoms with Crippen LogP contribution in [0.4, 0.5) is 0 Å². The third kappa shape index (κ3) is 3.60. The smallest absolute Gasteiger partial charge is 0.150 e. The van der Waals surface area contributed by atoms with Gasteiger partial charge in [-0.15, -0.1) is 0 Å². The van der Waals surface area contributed by atoms with Crippen molar-refractivity contribution in [3.8, 4) is 5.75 Å². The normalized spacial score (nSPS) is 22.2. The van der Waals surface area contributed by atoms with Crippen LogP contribution in [-0.4, -0.2) is 31.6 Å². The number of hydrogen-bond acceptors (Lipinski definition) is 4. The summed E-state index contributed by atoms with van der Waals surface area (Å²) in [6.07, 6.45) is 0.719. The maximum absolute atomic E-state index is 11.3. The molecule has 1 fully saturated rings. The summed E-state index contributed by atoms with van der Waals surface area (Å²) in [5.74, 6) is 0.936. The maximum Gasteiger partial charge on any atom is 0.150 e. The SMILES string of the molecule is O=S1(=O)CCC(CNCc2cc(Cl)ccc2O)C1. The van der Waals surface area contributed by atoms with Crippen LogP contribution in [0.25, 0.3) is 0 Å². The van der Waals surface area contributed by atoms with Crippen molar-refractivity contribution in [1.82, 2.24) is 5.32 Å². The predicted octanol–water partition coefficient (Wildman–Crippen LogP) is 1.57. The first-order valence-electron chi connectivity index (χ1n) is 5.85. The van der Waals surface area contributed by atoms with Crippen molar-refractivity contribution in [2.45, 2.75) is 13.0 Å². The molecule has 0 aromatic heterocycles. The van der Waals surface area contributed by atoms with Gasteiger partial charge in [-0.2, -0.15) is 0 Å². The van der Waals surface area contributed by atoms with Crippen LogP contribution in [0.2, 0.25) is 5.02 Å². The largest absolute Gasteiger partial charge is 0.508 e. The lowest BCUT2D eigenvalue weighted by Gasteiger charge is -2.10. The molecule has 100 valence electrons. The molecule has 1 unspecified atom stereocenters. The Kier molecular flexibility index (Phi) is 4.14. The van der Waals surface area contributed by atoms with Crippen molar-refractivity contribution in [1.29, 1.82) is 0 Å². The Morgan fingerprint density at radius 1 is 1.44 bits per heavy atom. The molecular weight excluding hydrogens is 274 g/mol. The van der Waals surface area contributed by atoms with Crippen LogP contribution < -0.4 is 5.32 Å². The average Bonchev–Trinajstić information content (AvgIpc) is 2.63. The van der Waals surface area contributed by atoms with Gasteiger partial charge in [-0.05, 0) is 37.1 Å². The van der Waals surface area contributed by atoms with Crippen LogP contribution in [0.5, 0.6) is 5.75 Å². The first-order chi connectivity index (χ1) is 8.46. The van der Waals surface area contributed by atoms with Crippen molar-refractivity contribution in [2.75, 3.05) is 18.1 Å². The molecule has 1 atom stereocenters. The Balaban J connectivity index is 1.84. The fraction of sp³-hybridized carbons (Fsp3) is 0.500. The highest BCUT2D eigenvalue weighted by molar-refractivity contribution is 7.91. The fourth-order valence-corrected chi connectivity index (χ4v) is 4.20. The number of nitrogens with one attached hydrogen (secondary N) is 1. The van der Waals surface area contributed by atoms with Gasteiger partial charge in [0.15, 0.2) is 9.84 Å². The van der Waals surface area contributed by atoms with E-state index in [-0.39, 0.29) is 17.4 Å². The van der Waals surface area contributed by atoms with Gasteiger partial charge in [0.05, 0.1) is 11.5 Å². The number of hydrogen-bond donors (Lipinski definition) is 2. The van der Waals surface area contributed by atoms with E-state index >= 15 is 0 Å². The highest BCUT2D eigenvalue weighted by atomic mass is 35.5. The molecule has 1 aliphatic heterocycles. The van der Waals surface area contributed by atoms with Gasteiger partial charge in [0.25, 0.3) is 0 Å².